The van der Waals surface area contributed by atoms with Crippen LogP contribution in [0.3, 0.4) is 0 Å². The first-order valence-corrected chi connectivity index (χ1v) is 9.66. The molecule has 146 valence electrons. The summed E-state index contributed by atoms with van der Waals surface area (Å²) in [5.74, 6) is -0.0128. The lowest BCUT2D eigenvalue weighted by molar-refractivity contribution is -0.132. The highest BCUT2D eigenvalue weighted by molar-refractivity contribution is 5.80. The average molecular weight is 372 g/mol. The third kappa shape index (κ3) is 5.17. The third-order valence-electron chi connectivity index (χ3n) is 5.31. The van der Waals surface area contributed by atoms with Crippen molar-refractivity contribution in [1.82, 2.24) is 10.6 Å². The highest BCUT2D eigenvalue weighted by Crippen LogP contribution is 2.27. The van der Waals surface area contributed by atoms with Gasteiger partial charge in [0.1, 0.15) is 6.10 Å². The minimum absolute atomic E-state index is 0.0193. The Morgan fingerprint density at radius 2 is 1.96 bits per heavy atom. The highest BCUT2D eigenvalue weighted by Gasteiger charge is 2.32. The zero-order valence-corrected chi connectivity index (χ0v) is 15.6. The van der Waals surface area contributed by atoms with Gasteiger partial charge in [0, 0.05) is 5.92 Å². The fraction of sp³-hybridized carbons (Fsp3) is 0.524. The molecule has 1 aromatic carbocycles. The van der Waals surface area contributed by atoms with Crippen LogP contribution in [0.2, 0.25) is 0 Å². The SMILES string of the molecule is C[C@@H](NC(=O)C[C@H]1C=C[C@H](NC(=O)C2CCC2)[C@@H](CO)O1)c1ccccc1. The minimum Gasteiger partial charge on any atom is -0.394 e. The number of aliphatic hydroxyl groups is 1. The molecule has 27 heavy (non-hydrogen) atoms. The maximum atomic E-state index is 12.3. The normalized spacial score (nSPS) is 26.1. The molecule has 2 amide bonds. The number of carbonyl (C=O) groups is 2. The van der Waals surface area contributed by atoms with Crippen LogP contribution in [0.15, 0.2) is 42.5 Å². The molecule has 3 N–H and O–H groups in total. The first-order valence-electron chi connectivity index (χ1n) is 9.66. The van der Waals surface area contributed by atoms with E-state index in [2.05, 4.69) is 10.6 Å². The second kappa shape index (κ2) is 9.15. The van der Waals surface area contributed by atoms with Crippen LogP contribution in [0.4, 0.5) is 0 Å². The van der Waals surface area contributed by atoms with Crippen LogP contribution in [0.25, 0.3) is 0 Å². The van der Waals surface area contributed by atoms with Gasteiger partial charge in [-0.05, 0) is 25.3 Å². The largest absolute Gasteiger partial charge is 0.394 e. The van der Waals surface area contributed by atoms with Gasteiger partial charge in [-0.3, -0.25) is 9.59 Å². The van der Waals surface area contributed by atoms with E-state index in [0.717, 1.165) is 24.8 Å². The lowest BCUT2D eigenvalue weighted by atomic mass is 9.84. The molecule has 1 aliphatic heterocycles. The number of benzene rings is 1. The second-order valence-corrected chi connectivity index (χ2v) is 7.35. The molecular weight excluding hydrogens is 344 g/mol. The second-order valence-electron chi connectivity index (χ2n) is 7.35. The summed E-state index contributed by atoms with van der Waals surface area (Å²) in [6.45, 7) is 1.73. The van der Waals surface area contributed by atoms with E-state index in [4.69, 9.17) is 4.74 Å². The number of carbonyl (C=O) groups excluding carboxylic acids is 2. The zero-order valence-electron chi connectivity index (χ0n) is 15.6. The molecule has 0 aromatic heterocycles. The van der Waals surface area contributed by atoms with Crippen LogP contribution in [-0.4, -0.2) is 41.8 Å². The third-order valence-corrected chi connectivity index (χ3v) is 5.31. The maximum absolute atomic E-state index is 12.3. The van der Waals surface area contributed by atoms with Gasteiger partial charge in [0.05, 0.1) is 31.2 Å². The summed E-state index contributed by atoms with van der Waals surface area (Å²) < 4.78 is 5.83. The number of rotatable bonds is 7. The van der Waals surface area contributed by atoms with E-state index < -0.39 is 12.2 Å². The molecule has 0 spiro atoms. The standard InChI is InChI=1S/C21H28N2O4/c1-14(15-6-3-2-4-7-15)22-20(25)12-17-10-11-18(19(13-24)27-17)23-21(26)16-8-5-9-16/h2-4,6-7,10-11,14,16-19,24H,5,8-9,12-13H2,1H3,(H,22,25)(H,23,26)/t14-,17-,18+,19-/m1/s1. The first kappa shape index (κ1) is 19.6. The summed E-state index contributed by atoms with van der Waals surface area (Å²) in [7, 11) is 0. The molecule has 0 unspecified atom stereocenters. The number of hydrogen-bond donors (Lipinski definition) is 3. The quantitative estimate of drug-likeness (QED) is 0.638. The van der Waals surface area contributed by atoms with Crippen molar-refractivity contribution in [1.29, 1.82) is 0 Å². The van der Waals surface area contributed by atoms with Crippen molar-refractivity contribution in [3.8, 4) is 0 Å². The van der Waals surface area contributed by atoms with Crippen molar-refractivity contribution in [2.75, 3.05) is 6.61 Å². The summed E-state index contributed by atoms with van der Waals surface area (Å²) in [4.78, 5) is 24.5. The van der Waals surface area contributed by atoms with E-state index in [9.17, 15) is 14.7 Å². The molecule has 0 saturated heterocycles. The summed E-state index contributed by atoms with van der Waals surface area (Å²) in [6.07, 6.45) is 5.80. The fourth-order valence-electron chi connectivity index (χ4n) is 3.40. The summed E-state index contributed by atoms with van der Waals surface area (Å²) in [6, 6.07) is 9.32. The summed E-state index contributed by atoms with van der Waals surface area (Å²) in [5, 5.41) is 15.5. The molecule has 6 nitrogen and oxygen atoms in total. The van der Waals surface area contributed by atoms with Gasteiger partial charge >= 0.3 is 0 Å². The van der Waals surface area contributed by atoms with Gasteiger partial charge in [-0.1, -0.05) is 48.9 Å². The monoisotopic (exact) mass is 372 g/mol. The molecule has 1 saturated carbocycles. The molecule has 6 heteroatoms. The maximum Gasteiger partial charge on any atom is 0.223 e. The van der Waals surface area contributed by atoms with Gasteiger partial charge < -0.3 is 20.5 Å². The van der Waals surface area contributed by atoms with Gasteiger partial charge in [-0.15, -0.1) is 0 Å². The molecule has 4 atom stereocenters. The zero-order chi connectivity index (χ0) is 19.2. The number of nitrogens with one attached hydrogen (secondary N) is 2. The molecule has 0 bridgehead atoms. The minimum atomic E-state index is -0.539. The Morgan fingerprint density at radius 3 is 2.59 bits per heavy atom. The van der Waals surface area contributed by atoms with Crippen LogP contribution in [0, 0.1) is 5.92 Å². The number of hydrogen-bond acceptors (Lipinski definition) is 4. The Labute approximate surface area is 160 Å². The van der Waals surface area contributed by atoms with Gasteiger partial charge in [0.2, 0.25) is 11.8 Å². The molecule has 1 aliphatic carbocycles. The Morgan fingerprint density at radius 1 is 1.22 bits per heavy atom. The highest BCUT2D eigenvalue weighted by atomic mass is 16.5. The van der Waals surface area contributed by atoms with E-state index in [0.29, 0.717) is 0 Å². The molecule has 3 rings (SSSR count). The molecule has 2 aliphatic rings. The van der Waals surface area contributed by atoms with E-state index in [1.807, 2.05) is 43.3 Å². The van der Waals surface area contributed by atoms with Gasteiger partial charge in [0.15, 0.2) is 0 Å². The Kier molecular flexibility index (Phi) is 6.63. The van der Waals surface area contributed by atoms with Crippen molar-refractivity contribution >= 4 is 11.8 Å². The molecule has 1 aromatic rings. The molecule has 1 heterocycles. The number of ether oxygens (including phenoxy) is 1. The van der Waals surface area contributed by atoms with Gasteiger partial charge in [0.25, 0.3) is 0 Å². The predicted octanol–water partition coefficient (Wildman–Crippen LogP) is 1.85. The van der Waals surface area contributed by atoms with E-state index >= 15 is 0 Å². The van der Waals surface area contributed by atoms with Gasteiger partial charge in [-0.2, -0.15) is 0 Å². The van der Waals surface area contributed by atoms with Crippen LogP contribution in [-0.2, 0) is 14.3 Å². The Bertz CT molecular complexity index is 672. The molecule has 0 radical (unpaired) electrons. The topological polar surface area (TPSA) is 87.7 Å². The van der Waals surface area contributed by atoms with Crippen LogP contribution >= 0.6 is 0 Å². The Balaban J connectivity index is 1.51. The van der Waals surface area contributed by atoms with Crippen LogP contribution < -0.4 is 10.6 Å². The smallest absolute Gasteiger partial charge is 0.223 e. The lowest BCUT2D eigenvalue weighted by Gasteiger charge is -2.34. The van der Waals surface area contributed by atoms with Crippen LogP contribution in [0.1, 0.15) is 44.2 Å². The summed E-state index contributed by atoms with van der Waals surface area (Å²) >= 11 is 0. The van der Waals surface area contributed by atoms with Gasteiger partial charge in [-0.25, -0.2) is 0 Å². The molecule has 1 fully saturated rings. The van der Waals surface area contributed by atoms with Crippen molar-refractivity contribution in [2.45, 2.75) is 56.9 Å². The number of aliphatic hydroxyl groups excluding tert-OH is 1. The summed E-state index contributed by atoms with van der Waals surface area (Å²) in [5.41, 5.74) is 1.04. The Hall–Kier alpha value is -2.18. The van der Waals surface area contributed by atoms with Crippen LogP contribution in [0.5, 0.6) is 0 Å². The number of amides is 2. The van der Waals surface area contributed by atoms with Crippen molar-refractivity contribution in [2.24, 2.45) is 5.92 Å². The van der Waals surface area contributed by atoms with Crippen molar-refractivity contribution < 1.29 is 19.4 Å². The van der Waals surface area contributed by atoms with E-state index in [1.165, 1.54) is 0 Å². The van der Waals surface area contributed by atoms with E-state index in [1.54, 1.807) is 6.08 Å². The average Bonchev–Trinajstić information content (AvgIpc) is 2.62. The van der Waals surface area contributed by atoms with E-state index in [-0.39, 0.29) is 42.8 Å². The molecular formula is C21H28N2O4. The van der Waals surface area contributed by atoms with Crippen molar-refractivity contribution in [3.63, 3.8) is 0 Å². The fourth-order valence-corrected chi connectivity index (χ4v) is 3.40. The van der Waals surface area contributed by atoms with Crippen molar-refractivity contribution in [3.05, 3.63) is 48.0 Å². The predicted molar refractivity (Wildman–Crippen MR) is 102 cm³/mol. The lowest BCUT2D eigenvalue weighted by Crippen LogP contribution is -2.51. The first-order chi connectivity index (χ1) is 13.1.